The summed E-state index contributed by atoms with van der Waals surface area (Å²) < 4.78 is 0. The third kappa shape index (κ3) is 2.31. The number of rotatable bonds is 2. The highest BCUT2D eigenvalue weighted by Gasteiger charge is 2.26. The maximum atomic E-state index is 11.8. The van der Waals surface area contributed by atoms with E-state index in [4.69, 9.17) is 0 Å². The number of nitrogens with zero attached hydrogens (tertiary/aromatic N) is 1. The van der Waals surface area contributed by atoms with Gasteiger partial charge in [-0.05, 0) is 26.8 Å². The quantitative estimate of drug-likeness (QED) is 0.640. The van der Waals surface area contributed by atoms with Crippen LogP contribution in [0, 0.1) is 0 Å². The van der Waals surface area contributed by atoms with Crippen molar-refractivity contribution >= 4 is 5.91 Å². The van der Waals surface area contributed by atoms with E-state index < -0.39 is 0 Å². The molecule has 0 aromatic rings. The van der Waals surface area contributed by atoms with Gasteiger partial charge in [-0.1, -0.05) is 6.08 Å². The first-order valence-electron chi connectivity index (χ1n) is 4.81. The molecule has 0 radical (unpaired) electrons. The van der Waals surface area contributed by atoms with Crippen LogP contribution in [0.3, 0.4) is 0 Å². The minimum atomic E-state index is -0.0510. The summed E-state index contributed by atoms with van der Waals surface area (Å²) in [5, 5.41) is 3.19. The smallest absolute Gasteiger partial charge is 0.239 e. The van der Waals surface area contributed by atoms with Gasteiger partial charge in [-0.3, -0.25) is 4.79 Å². The molecular formula is C10H18N2O. The van der Waals surface area contributed by atoms with Crippen molar-refractivity contribution in [3.63, 3.8) is 0 Å². The normalized spacial score (nSPS) is 30.0. The zero-order valence-corrected chi connectivity index (χ0v) is 8.42. The van der Waals surface area contributed by atoms with E-state index >= 15 is 0 Å². The summed E-state index contributed by atoms with van der Waals surface area (Å²) in [4.78, 5) is 13.6. The Kier molecular flexibility index (Phi) is 3.48. The lowest BCUT2D eigenvalue weighted by Gasteiger charge is -2.26. The second kappa shape index (κ2) is 4.42. The Labute approximate surface area is 79.8 Å². The van der Waals surface area contributed by atoms with Gasteiger partial charge in [0.25, 0.3) is 0 Å². The second-order valence-electron chi connectivity index (χ2n) is 3.59. The fourth-order valence-corrected chi connectivity index (χ4v) is 1.63. The monoisotopic (exact) mass is 182 g/mol. The first-order chi connectivity index (χ1) is 6.16. The first-order valence-corrected chi connectivity index (χ1v) is 4.81. The molecule has 0 aromatic carbocycles. The Morgan fingerprint density at radius 1 is 1.69 bits per heavy atom. The van der Waals surface area contributed by atoms with Crippen LogP contribution in [0.2, 0.25) is 0 Å². The van der Waals surface area contributed by atoms with Gasteiger partial charge in [0.05, 0.1) is 6.04 Å². The molecule has 74 valence electrons. The Balaban J connectivity index is 2.71. The molecule has 1 aliphatic rings. The van der Waals surface area contributed by atoms with Crippen molar-refractivity contribution in [3.8, 4) is 0 Å². The molecule has 0 spiro atoms. The van der Waals surface area contributed by atoms with E-state index in [0.717, 1.165) is 13.0 Å². The van der Waals surface area contributed by atoms with E-state index in [1.54, 1.807) is 6.08 Å². The van der Waals surface area contributed by atoms with Gasteiger partial charge in [0, 0.05) is 12.6 Å². The molecule has 1 rings (SSSR count). The van der Waals surface area contributed by atoms with Crippen LogP contribution in [0.4, 0.5) is 0 Å². The van der Waals surface area contributed by atoms with Crippen LogP contribution < -0.4 is 5.32 Å². The average Bonchev–Trinajstić information content (AvgIpc) is 2.21. The highest BCUT2D eigenvalue weighted by atomic mass is 16.2. The van der Waals surface area contributed by atoms with Gasteiger partial charge in [-0.2, -0.15) is 0 Å². The lowest BCUT2D eigenvalue weighted by atomic mass is 10.2. The number of carbonyl (C=O) groups is 1. The van der Waals surface area contributed by atoms with Crippen molar-refractivity contribution in [2.45, 2.75) is 32.4 Å². The molecule has 13 heavy (non-hydrogen) atoms. The molecule has 0 aliphatic carbocycles. The molecule has 3 nitrogen and oxygen atoms in total. The third-order valence-corrected chi connectivity index (χ3v) is 2.52. The number of hydrogen-bond donors (Lipinski definition) is 1. The zero-order valence-electron chi connectivity index (χ0n) is 8.42. The van der Waals surface area contributed by atoms with E-state index in [1.165, 1.54) is 0 Å². The van der Waals surface area contributed by atoms with Crippen LogP contribution in [0.1, 0.15) is 20.3 Å². The van der Waals surface area contributed by atoms with Crippen LogP contribution in [-0.4, -0.2) is 36.0 Å². The topological polar surface area (TPSA) is 32.3 Å². The van der Waals surface area contributed by atoms with Crippen molar-refractivity contribution in [1.82, 2.24) is 10.2 Å². The van der Waals surface area contributed by atoms with Crippen molar-refractivity contribution < 1.29 is 4.79 Å². The van der Waals surface area contributed by atoms with Crippen LogP contribution in [0.5, 0.6) is 0 Å². The number of carbonyl (C=O) groups excluding carboxylic acids is 1. The Morgan fingerprint density at radius 2 is 2.38 bits per heavy atom. The summed E-state index contributed by atoms with van der Waals surface area (Å²) in [6.07, 6.45) is 2.80. The fourth-order valence-electron chi connectivity index (χ4n) is 1.63. The first kappa shape index (κ1) is 10.3. The molecule has 3 heteroatoms. The van der Waals surface area contributed by atoms with Crippen molar-refractivity contribution in [1.29, 1.82) is 0 Å². The van der Waals surface area contributed by atoms with Crippen LogP contribution in [0.25, 0.3) is 0 Å². The molecule has 1 amide bonds. The predicted octanol–water partition coefficient (Wildman–Crippen LogP) is 0.771. The zero-order chi connectivity index (χ0) is 9.84. The van der Waals surface area contributed by atoms with Crippen LogP contribution in [-0.2, 0) is 4.79 Å². The molecular weight excluding hydrogens is 164 g/mol. The summed E-state index contributed by atoms with van der Waals surface area (Å²) in [6, 6.07) is 0.271. The SMILES string of the molecule is C=CCN1C(=O)C(C)NCCC1C. The molecule has 1 saturated heterocycles. The summed E-state index contributed by atoms with van der Waals surface area (Å²) >= 11 is 0. The van der Waals surface area contributed by atoms with Gasteiger partial charge in [0.2, 0.25) is 5.91 Å². The van der Waals surface area contributed by atoms with Crippen LogP contribution >= 0.6 is 0 Å². The minimum absolute atomic E-state index is 0.0510. The molecule has 1 heterocycles. The molecule has 1 fully saturated rings. The van der Waals surface area contributed by atoms with Crippen molar-refractivity contribution in [2.75, 3.05) is 13.1 Å². The van der Waals surface area contributed by atoms with Crippen molar-refractivity contribution in [2.24, 2.45) is 0 Å². The van der Waals surface area contributed by atoms with Gasteiger partial charge in [-0.25, -0.2) is 0 Å². The molecule has 0 saturated carbocycles. The number of hydrogen-bond acceptors (Lipinski definition) is 2. The second-order valence-corrected chi connectivity index (χ2v) is 3.59. The summed E-state index contributed by atoms with van der Waals surface area (Å²) in [6.45, 7) is 9.24. The van der Waals surface area contributed by atoms with Gasteiger partial charge < -0.3 is 10.2 Å². The minimum Gasteiger partial charge on any atom is -0.335 e. The number of nitrogens with one attached hydrogen (secondary N) is 1. The number of amides is 1. The van der Waals surface area contributed by atoms with E-state index in [1.807, 2.05) is 11.8 Å². The summed E-state index contributed by atoms with van der Waals surface area (Å²) in [7, 11) is 0. The molecule has 1 N–H and O–H groups in total. The molecule has 1 aliphatic heterocycles. The lowest BCUT2D eigenvalue weighted by molar-refractivity contribution is -0.133. The molecule has 0 aromatic heterocycles. The molecule has 2 unspecified atom stereocenters. The summed E-state index contributed by atoms with van der Waals surface area (Å²) in [5.41, 5.74) is 0. The lowest BCUT2D eigenvalue weighted by Crippen LogP contribution is -2.44. The van der Waals surface area contributed by atoms with Gasteiger partial charge in [-0.15, -0.1) is 6.58 Å². The van der Waals surface area contributed by atoms with Crippen LogP contribution in [0.15, 0.2) is 12.7 Å². The largest absolute Gasteiger partial charge is 0.335 e. The maximum absolute atomic E-state index is 11.8. The predicted molar refractivity (Wildman–Crippen MR) is 53.5 cm³/mol. The van der Waals surface area contributed by atoms with Gasteiger partial charge >= 0.3 is 0 Å². The summed E-state index contributed by atoms with van der Waals surface area (Å²) in [5.74, 6) is 0.185. The standard InChI is InChI=1S/C10H18N2O/c1-4-7-12-8(2)5-6-11-9(3)10(12)13/h4,8-9,11H,1,5-7H2,2-3H3. The van der Waals surface area contributed by atoms with E-state index in [0.29, 0.717) is 12.6 Å². The van der Waals surface area contributed by atoms with E-state index in [-0.39, 0.29) is 11.9 Å². The average molecular weight is 182 g/mol. The highest BCUT2D eigenvalue weighted by molar-refractivity contribution is 5.82. The fraction of sp³-hybridized carbons (Fsp3) is 0.700. The van der Waals surface area contributed by atoms with Gasteiger partial charge in [0.15, 0.2) is 0 Å². The van der Waals surface area contributed by atoms with Crippen molar-refractivity contribution in [3.05, 3.63) is 12.7 Å². The van der Waals surface area contributed by atoms with E-state index in [9.17, 15) is 4.79 Å². The highest BCUT2D eigenvalue weighted by Crippen LogP contribution is 2.09. The van der Waals surface area contributed by atoms with Gasteiger partial charge in [0.1, 0.15) is 0 Å². The Morgan fingerprint density at radius 3 is 3.00 bits per heavy atom. The Hall–Kier alpha value is -0.830. The molecule has 0 bridgehead atoms. The maximum Gasteiger partial charge on any atom is 0.239 e. The molecule has 2 atom stereocenters. The van der Waals surface area contributed by atoms with E-state index in [2.05, 4.69) is 18.8 Å². The Bertz CT molecular complexity index is 203. The third-order valence-electron chi connectivity index (χ3n) is 2.52.